The number of rotatable bonds is 5. The summed E-state index contributed by atoms with van der Waals surface area (Å²) in [5.74, 6) is -1.02. The van der Waals surface area contributed by atoms with Crippen LogP contribution in [-0.2, 0) is 16.0 Å². The van der Waals surface area contributed by atoms with E-state index in [-0.39, 0.29) is 19.1 Å². The maximum Gasteiger partial charge on any atom is 0.313 e. The third-order valence-corrected chi connectivity index (χ3v) is 5.37. The van der Waals surface area contributed by atoms with E-state index in [1.54, 1.807) is 4.90 Å². The largest absolute Gasteiger partial charge is 0.481 e. The number of likely N-dealkylation sites (tertiary alicyclic amines) is 1. The van der Waals surface area contributed by atoms with Crippen molar-refractivity contribution in [1.82, 2.24) is 9.88 Å². The van der Waals surface area contributed by atoms with Crippen LogP contribution in [0, 0.1) is 12.3 Å². The van der Waals surface area contributed by atoms with Gasteiger partial charge in [-0.3, -0.25) is 9.59 Å². The molecule has 2 rings (SSSR count). The van der Waals surface area contributed by atoms with Crippen molar-refractivity contribution >= 4 is 23.2 Å². The van der Waals surface area contributed by atoms with E-state index in [1.165, 1.54) is 18.4 Å². The Labute approximate surface area is 134 Å². The normalized spacial score (nSPS) is 21.9. The molecule has 7 heteroatoms. The number of amides is 1. The molecular weight excluding hydrogens is 304 g/mol. The fraction of sp³-hybridized carbons (Fsp3) is 0.667. The number of carbonyl (C=O) groups is 2. The van der Waals surface area contributed by atoms with Crippen LogP contribution in [0.5, 0.6) is 0 Å². The summed E-state index contributed by atoms with van der Waals surface area (Å²) in [4.78, 5) is 31.0. The molecule has 1 aromatic rings. The van der Waals surface area contributed by atoms with Crippen molar-refractivity contribution in [1.29, 1.82) is 0 Å². The lowest BCUT2D eigenvalue weighted by atomic mass is 9.80. The molecule has 0 spiro atoms. The minimum absolute atomic E-state index is 0.115. The molecule has 1 amide bonds. The molecule has 0 saturated carbocycles. The molecule has 0 aliphatic carbocycles. The van der Waals surface area contributed by atoms with E-state index in [0.29, 0.717) is 24.3 Å². The van der Waals surface area contributed by atoms with E-state index in [2.05, 4.69) is 4.98 Å². The first-order chi connectivity index (χ1) is 10.4. The zero-order valence-corrected chi connectivity index (χ0v) is 14.0. The molecule has 122 valence electrons. The van der Waals surface area contributed by atoms with Gasteiger partial charge in [-0.05, 0) is 26.2 Å². The Hall–Kier alpha value is -1.47. The van der Waals surface area contributed by atoms with E-state index in [9.17, 15) is 14.7 Å². The summed E-state index contributed by atoms with van der Waals surface area (Å²) in [6, 6.07) is 0. The molecule has 1 saturated heterocycles. The average molecular weight is 326 g/mol. The molecule has 1 aromatic heterocycles. The van der Waals surface area contributed by atoms with Crippen LogP contribution in [0.3, 0.4) is 0 Å². The number of hydrogen-bond donors (Lipinski definition) is 1. The molecule has 1 aliphatic heterocycles. The SMILES string of the molecule is CCc1nc(C)c(C(=O)N2CCCC(COC)(C(=O)O)C2)s1. The van der Waals surface area contributed by atoms with Gasteiger partial charge < -0.3 is 14.7 Å². The van der Waals surface area contributed by atoms with E-state index in [1.807, 2.05) is 13.8 Å². The van der Waals surface area contributed by atoms with Gasteiger partial charge in [-0.1, -0.05) is 6.92 Å². The number of aliphatic carboxylic acids is 1. The number of piperidine rings is 1. The second-order valence-electron chi connectivity index (χ2n) is 5.72. The van der Waals surface area contributed by atoms with Crippen LogP contribution in [0.25, 0.3) is 0 Å². The Kier molecular flexibility index (Phi) is 5.18. The lowest BCUT2D eigenvalue weighted by molar-refractivity contribution is -0.155. The second-order valence-corrected chi connectivity index (χ2v) is 6.81. The van der Waals surface area contributed by atoms with Crippen LogP contribution in [0.4, 0.5) is 0 Å². The standard InChI is InChI=1S/C15H22N2O4S/c1-4-11-16-10(2)12(22-11)13(18)17-7-5-6-15(8-17,9-21-3)14(19)20/h4-9H2,1-3H3,(H,19,20). The Morgan fingerprint density at radius 3 is 2.77 bits per heavy atom. The van der Waals surface area contributed by atoms with Gasteiger partial charge in [0.25, 0.3) is 5.91 Å². The summed E-state index contributed by atoms with van der Waals surface area (Å²) in [7, 11) is 1.49. The highest BCUT2D eigenvalue weighted by molar-refractivity contribution is 7.13. The van der Waals surface area contributed by atoms with Crippen molar-refractivity contribution in [2.75, 3.05) is 26.8 Å². The van der Waals surface area contributed by atoms with Crippen molar-refractivity contribution in [3.63, 3.8) is 0 Å². The molecule has 0 aromatic carbocycles. The number of methoxy groups -OCH3 is 1. The fourth-order valence-electron chi connectivity index (χ4n) is 2.88. The van der Waals surface area contributed by atoms with Gasteiger partial charge in [0, 0.05) is 20.2 Å². The van der Waals surface area contributed by atoms with Gasteiger partial charge in [-0.15, -0.1) is 11.3 Å². The van der Waals surface area contributed by atoms with E-state index in [0.717, 1.165) is 17.1 Å². The number of carboxylic acids is 1. The maximum absolute atomic E-state index is 12.7. The molecule has 1 N–H and O–H groups in total. The van der Waals surface area contributed by atoms with Crippen molar-refractivity contribution in [3.8, 4) is 0 Å². The quantitative estimate of drug-likeness (QED) is 0.895. The second kappa shape index (κ2) is 6.75. The van der Waals surface area contributed by atoms with Crippen molar-refractivity contribution in [2.24, 2.45) is 5.41 Å². The molecular formula is C15H22N2O4S. The maximum atomic E-state index is 12.7. The van der Waals surface area contributed by atoms with Crippen LogP contribution < -0.4 is 0 Å². The number of nitrogens with zero attached hydrogens (tertiary/aromatic N) is 2. The number of ether oxygens (including phenoxy) is 1. The van der Waals surface area contributed by atoms with Gasteiger partial charge in [0.1, 0.15) is 10.3 Å². The van der Waals surface area contributed by atoms with Crippen molar-refractivity contribution in [2.45, 2.75) is 33.1 Å². The highest BCUT2D eigenvalue weighted by Gasteiger charge is 2.44. The lowest BCUT2D eigenvalue weighted by Gasteiger charge is -2.39. The zero-order valence-electron chi connectivity index (χ0n) is 13.2. The molecule has 2 heterocycles. The predicted octanol–water partition coefficient (Wildman–Crippen LogP) is 1.97. The molecule has 1 fully saturated rings. The van der Waals surface area contributed by atoms with E-state index in [4.69, 9.17) is 4.74 Å². The molecule has 1 unspecified atom stereocenters. The van der Waals surface area contributed by atoms with Gasteiger partial charge in [0.2, 0.25) is 0 Å². The molecule has 22 heavy (non-hydrogen) atoms. The van der Waals surface area contributed by atoms with Crippen LogP contribution in [0.1, 0.15) is 40.1 Å². The van der Waals surface area contributed by atoms with Gasteiger partial charge >= 0.3 is 5.97 Å². The van der Waals surface area contributed by atoms with Gasteiger partial charge in [0.05, 0.1) is 17.3 Å². The van der Waals surface area contributed by atoms with Crippen molar-refractivity contribution < 1.29 is 19.4 Å². The minimum atomic E-state index is -1.01. The van der Waals surface area contributed by atoms with Gasteiger partial charge in [-0.2, -0.15) is 0 Å². The summed E-state index contributed by atoms with van der Waals surface area (Å²) in [5, 5.41) is 10.5. The summed E-state index contributed by atoms with van der Waals surface area (Å²) < 4.78 is 5.10. The molecule has 6 nitrogen and oxygen atoms in total. The smallest absolute Gasteiger partial charge is 0.313 e. The van der Waals surface area contributed by atoms with E-state index < -0.39 is 11.4 Å². The minimum Gasteiger partial charge on any atom is -0.481 e. The third-order valence-electron chi connectivity index (χ3n) is 4.08. The number of thiazole rings is 1. The Bertz CT molecular complexity index is 568. The summed E-state index contributed by atoms with van der Waals surface area (Å²) >= 11 is 1.40. The van der Waals surface area contributed by atoms with Crippen LogP contribution in [0.15, 0.2) is 0 Å². The third kappa shape index (κ3) is 3.15. The first kappa shape index (κ1) is 16.9. The topological polar surface area (TPSA) is 79.7 Å². The Balaban J connectivity index is 2.22. The van der Waals surface area contributed by atoms with Gasteiger partial charge in [-0.25, -0.2) is 4.98 Å². The number of aromatic nitrogens is 1. The molecule has 1 aliphatic rings. The highest BCUT2D eigenvalue weighted by Crippen LogP contribution is 2.32. The number of aryl methyl sites for hydroxylation is 2. The summed E-state index contributed by atoms with van der Waals surface area (Å²) in [6.45, 7) is 4.71. The number of hydrogen-bond acceptors (Lipinski definition) is 5. The fourth-order valence-corrected chi connectivity index (χ4v) is 3.85. The van der Waals surface area contributed by atoms with Crippen molar-refractivity contribution in [3.05, 3.63) is 15.6 Å². The first-order valence-electron chi connectivity index (χ1n) is 7.41. The van der Waals surface area contributed by atoms with Crippen LogP contribution in [0.2, 0.25) is 0 Å². The lowest BCUT2D eigenvalue weighted by Crippen LogP contribution is -2.52. The Morgan fingerprint density at radius 2 is 2.23 bits per heavy atom. The van der Waals surface area contributed by atoms with Crippen LogP contribution >= 0.6 is 11.3 Å². The highest BCUT2D eigenvalue weighted by atomic mass is 32.1. The predicted molar refractivity (Wildman–Crippen MR) is 83.3 cm³/mol. The monoisotopic (exact) mass is 326 g/mol. The number of carbonyl (C=O) groups excluding carboxylic acids is 1. The first-order valence-corrected chi connectivity index (χ1v) is 8.23. The number of carboxylic acid groups (broad SMARTS) is 1. The summed E-state index contributed by atoms with van der Waals surface area (Å²) in [5.41, 5.74) is -0.278. The zero-order chi connectivity index (χ0) is 16.3. The van der Waals surface area contributed by atoms with Crippen LogP contribution in [-0.4, -0.2) is 53.7 Å². The molecule has 0 bridgehead atoms. The average Bonchev–Trinajstić information content (AvgIpc) is 2.88. The van der Waals surface area contributed by atoms with E-state index >= 15 is 0 Å². The van der Waals surface area contributed by atoms with Gasteiger partial charge in [0.15, 0.2) is 0 Å². The molecule has 1 atom stereocenters. The Morgan fingerprint density at radius 1 is 1.50 bits per heavy atom. The summed E-state index contributed by atoms with van der Waals surface area (Å²) in [6.07, 6.45) is 1.99. The molecule has 0 radical (unpaired) electrons.